The molecule has 0 radical (unpaired) electrons. The SMILES string of the molecule is CC[C@]12CC[C@H]3[C@@H](CC[C@H]4C[C@H](OC(=O)c5ccccc5I)CC[C@@H]43)[C@@H]1CC[C@@H]2C(C)=O. The van der Waals surface area contributed by atoms with Crippen molar-refractivity contribution in [2.24, 2.45) is 40.9 Å². The van der Waals surface area contributed by atoms with Crippen LogP contribution in [0, 0.1) is 44.5 Å². The number of hydrogen-bond donors (Lipinski definition) is 0. The molecule has 0 amide bonds. The lowest BCUT2D eigenvalue weighted by Crippen LogP contribution is -2.50. The number of halogens is 1. The molecule has 5 rings (SSSR count). The van der Waals surface area contributed by atoms with Gasteiger partial charge in [-0.15, -0.1) is 0 Å². The smallest absolute Gasteiger partial charge is 0.339 e. The molecule has 4 heteroatoms. The highest BCUT2D eigenvalue weighted by Crippen LogP contribution is 2.65. The van der Waals surface area contributed by atoms with E-state index < -0.39 is 0 Å². The maximum absolute atomic E-state index is 12.7. The second-order valence-corrected chi connectivity index (χ2v) is 12.3. The molecule has 0 aromatic heterocycles. The summed E-state index contributed by atoms with van der Waals surface area (Å²) in [5, 5.41) is 0. The predicted octanol–water partition coefficient (Wildman–Crippen LogP) is 7.06. The van der Waals surface area contributed by atoms with Crippen LogP contribution in [0.15, 0.2) is 24.3 Å². The van der Waals surface area contributed by atoms with Gasteiger partial charge in [0, 0.05) is 9.49 Å². The van der Waals surface area contributed by atoms with Gasteiger partial charge in [0.15, 0.2) is 0 Å². The van der Waals surface area contributed by atoms with Gasteiger partial charge in [-0.25, -0.2) is 4.79 Å². The molecule has 4 aliphatic rings. The van der Waals surface area contributed by atoms with Gasteiger partial charge in [-0.05, 0) is 141 Å². The van der Waals surface area contributed by atoms with E-state index in [0.717, 1.165) is 46.5 Å². The Morgan fingerprint density at radius 2 is 1.78 bits per heavy atom. The number of fused-ring (bicyclic) bond motifs is 5. The van der Waals surface area contributed by atoms with Crippen LogP contribution in [-0.4, -0.2) is 17.9 Å². The summed E-state index contributed by atoms with van der Waals surface area (Å²) in [5.41, 5.74) is 0.989. The minimum atomic E-state index is -0.154. The first-order valence-corrected chi connectivity index (χ1v) is 14.0. The Morgan fingerprint density at radius 3 is 2.53 bits per heavy atom. The van der Waals surface area contributed by atoms with Crippen molar-refractivity contribution in [3.8, 4) is 0 Å². The van der Waals surface area contributed by atoms with Gasteiger partial charge in [-0.1, -0.05) is 19.1 Å². The fourth-order valence-corrected chi connectivity index (χ4v) is 9.47. The third kappa shape index (κ3) is 3.76. The number of rotatable bonds is 4. The zero-order valence-corrected chi connectivity index (χ0v) is 21.7. The van der Waals surface area contributed by atoms with Crippen molar-refractivity contribution < 1.29 is 14.3 Å². The lowest BCUT2D eigenvalue weighted by Gasteiger charge is -2.57. The molecule has 0 unspecified atom stereocenters. The molecule has 0 saturated heterocycles. The first kappa shape index (κ1) is 22.9. The largest absolute Gasteiger partial charge is 0.459 e. The van der Waals surface area contributed by atoms with E-state index in [4.69, 9.17) is 4.74 Å². The van der Waals surface area contributed by atoms with Crippen LogP contribution in [-0.2, 0) is 9.53 Å². The number of carbonyl (C=O) groups excluding carboxylic acids is 2. The van der Waals surface area contributed by atoms with E-state index in [1.807, 2.05) is 31.2 Å². The summed E-state index contributed by atoms with van der Waals surface area (Å²) < 4.78 is 6.97. The lowest BCUT2D eigenvalue weighted by atomic mass is 9.48. The molecule has 4 aliphatic carbocycles. The van der Waals surface area contributed by atoms with Crippen LogP contribution >= 0.6 is 22.6 Å². The van der Waals surface area contributed by atoms with Crippen LogP contribution in [0.2, 0.25) is 0 Å². The van der Waals surface area contributed by atoms with Crippen LogP contribution in [0.4, 0.5) is 0 Å². The second kappa shape index (κ2) is 9.03. The molecule has 0 heterocycles. The molecule has 174 valence electrons. The third-order valence-corrected chi connectivity index (χ3v) is 11.1. The zero-order valence-electron chi connectivity index (χ0n) is 19.5. The molecule has 8 atom stereocenters. The molecular formula is C28H37IO3. The third-order valence-electron chi connectivity index (χ3n) is 10.1. The van der Waals surface area contributed by atoms with Crippen molar-refractivity contribution in [1.29, 1.82) is 0 Å². The summed E-state index contributed by atoms with van der Waals surface area (Å²) in [6.45, 7) is 4.18. The topological polar surface area (TPSA) is 43.4 Å². The lowest BCUT2D eigenvalue weighted by molar-refractivity contribution is -0.130. The van der Waals surface area contributed by atoms with Gasteiger partial charge in [0.2, 0.25) is 0 Å². The molecule has 0 spiro atoms. The summed E-state index contributed by atoms with van der Waals surface area (Å²) in [6, 6.07) is 7.71. The highest BCUT2D eigenvalue weighted by Gasteiger charge is 2.59. The number of ketones is 1. The molecule has 4 saturated carbocycles. The highest BCUT2D eigenvalue weighted by molar-refractivity contribution is 14.1. The molecular weight excluding hydrogens is 511 g/mol. The second-order valence-electron chi connectivity index (χ2n) is 11.1. The van der Waals surface area contributed by atoms with E-state index in [-0.39, 0.29) is 12.1 Å². The van der Waals surface area contributed by atoms with Gasteiger partial charge in [-0.2, -0.15) is 0 Å². The Bertz CT molecular complexity index is 881. The van der Waals surface area contributed by atoms with E-state index >= 15 is 0 Å². The summed E-state index contributed by atoms with van der Waals surface area (Å²) in [6.07, 6.45) is 12.1. The van der Waals surface area contributed by atoms with Crippen molar-refractivity contribution in [3.63, 3.8) is 0 Å². The number of carbonyl (C=O) groups is 2. The molecule has 3 nitrogen and oxygen atoms in total. The average molecular weight is 549 g/mol. The molecule has 1 aromatic rings. The fourth-order valence-electron chi connectivity index (χ4n) is 8.86. The first-order chi connectivity index (χ1) is 15.4. The standard InChI is InChI=1S/C28H37IO3/c1-3-28-15-14-21-20-11-9-19(32-27(31)23-6-4-5-7-26(23)29)16-18(20)8-10-22(21)25(28)13-12-24(28)17(2)30/h4-7,18-22,24-25H,3,8-16H2,1-2H3/t18-,19+,20-,21+,22+,24+,25-,28+/m0/s1. The number of Topliss-reactive ketones (excluding diaryl/α,β-unsaturated/α-hetero) is 1. The van der Waals surface area contributed by atoms with Gasteiger partial charge >= 0.3 is 5.97 Å². The highest BCUT2D eigenvalue weighted by atomic mass is 127. The van der Waals surface area contributed by atoms with Gasteiger partial charge in [0.25, 0.3) is 0 Å². The molecule has 0 N–H and O–H groups in total. The fraction of sp³-hybridized carbons (Fsp3) is 0.714. The normalized spacial score (nSPS) is 40.7. The molecule has 1 aromatic carbocycles. The Morgan fingerprint density at radius 1 is 1.00 bits per heavy atom. The van der Waals surface area contributed by atoms with Crippen LogP contribution in [0.25, 0.3) is 0 Å². The quantitative estimate of drug-likeness (QED) is 0.299. The van der Waals surface area contributed by atoms with E-state index in [9.17, 15) is 9.59 Å². The summed E-state index contributed by atoms with van der Waals surface area (Å²) in [7, 11) is 0. The van der Waals surface area contributed by atoms with E-state index in [1.54, 1.807) is 0 Å². The van der Waals surface area contributed by atoms with Crippen molar-refractivity contribution in [1.82, 2.24) is 0 Å². The van der Waals surface area contributed by atoms with E-state index in [2.05, 4.69) is 29.5 Å². The minimum absolute atomic E-state index is 0.0724. The van der Waals surface area contributed by atoms with Crippen molar-refractivity contribution in [2.75, 3.05) is 0 Å². The van der Waals surface area contributed by atoms with E-state index in [1.165, 1.54) is 44.9 Å². The van der Waals surface area contributed by atoms with Crippen LogP contribution in [0.1, 0.15) is 88.4 Å². The Balaban J connectivity index is 1.26. The van der Waals surface area contributed by atoms with Crippen molar-refractivity contribution in [3.05, 3.63) is 33.4 Å². The minimum Gasteiger partial charge on any atom is -0.459 e. The summed E-state index contributed by atoms with van der Waals surface area (Å²) in [4.78, 5) is 25.2. The van der Waals surface area contributed by atoms with Crippen LogP contribution in [0.5, 0.6) is 0 Å². The molecule has 32 heavy (non-hydrogen) atoms. The first-order valence-electron chi connectivity index (χ1n) is 12.9. The maximum atomic E-state index is 12.7. The Kier molecular flexibility index (Phi) is 6.45. The number of hydrogen-bond acceptors (Lipinski definition) is 3. The van der Waals surface area contributed by atoms with Gasteiger partial charge in [0.05, 0.1) is 5.56 Å². The predicted molar refractivity (Wildman–Crippen MR) is 134 cm³/mol. The monoisotopic (exact) mass is 548 g/mol. The zero-order chi connectivity index (χ0) is 22.5. The van der Waals surface area contributed by atoms with Gasteiger partial charge in [0.1, 0.15) is 11.9 Å². The van der Waals surface area contributed by atoms with Crippen LogP contribution < -0.4 is 0 Å². The van der Waals surface area contributed by atoms with Crippen molar-refractivity contribution >= 4 is 34.3 Å². The molecule has 4 fully saturated rings. The summed E-state index contributed by atoms with van der Waals surface area (Å²) >= 11 is 2.22. The van der Waals surface area contributed by atoms with E-state index in [0.29, 0.717) is 28.6 Å². The summed E-state index contributed by atoms with van der Waals surface area (Å²) in [5.74, 6) is 4.51. The number of benzene rings is 1. The number of ether oxygens (including phenoxy) is 1. The Labute approximate surface area is 206 Å². The Hall–Kier alpha value is -0.910. The number of esters is 1. The molecule has 0 bridgehead atoms. The maximum Gasteiger partial charge on any atom is 0.339 e. The van der Waals surface area contributed by atoms with Crippen LogP contribution in [0.3, 0.4) is 0 Å². The van der Waals surface area contributed by atoms with Crippen molar-refractivity contribution in [2.45, 2.75) is 84.2 Å². The molecule has 0 aliphatic heterocycles. The van der Waals surface area contributed by atoms with Gasteiger partial charge < -0.3 is 4.74 Å². The average Bonchev–Trinajstić information content (AvgIpc) is 3.19. The van der Waals surface area contributed by atoms with Gasteiger partial charge in [-0.3, -0.25) is 4.79 Å².